The van der Waals surface area contributed by atoms with Gasteiger partial charge in [-0.2, -0.15) is 0 Å². The second-order valence-corrected chi connectivity index (χ2v) is 5.23. The number of aromatic nitrogens is 1. The molecule has 1 saturated heterocycles. The van der Waals surface area contributed by atoms with Gasteiger partial charge >= 0.3 is 0 Å². The number of benzene rings is 1. The monoisotopic (exact) mass is 259 g/mol. The maximum absolute atomic E-state index is 13.7. The zero-order valence-corrected chi connectivity index (χ0v) is 10.8. The van der Waals surface area contributed by atoms with Crippen molar-refractivity contribution in [2.45, 2.75) is 13.0 Å². The predicted molar refractivity (Wildman–Crippen MR) is 74.1 cm³/mol. The second-order valence-electron chi connectivity index (χ2n) is 5.23. The molecule has 1 atom stereocenters. The van der Waals surface area contributed by atoms with Crippen LogP contribution in [0.5, 0.6) is 0 Å². The van der Waals surface area contributed by atoms with E-state index in [-0.39, 0.29) is 5.82 Å². The molecule has 2 aromatic rings. The second kappa shape index (κ2) is 5.23. The maximum atomic E-state index is 13.7. The first-order chi connectivity index (χ1) is 9.28. The standard InChI is InChI=1S/C15H18FN3/c16-14-4-3-12(15-13(14)2-1-6-18-15)10-19-7-5-11(8-17)9-19/h1-4,6,11H,5,7-10,17H2. The highest BCUT2D eigenvalue weighted by Gasteiger charge is 2.21. The molecule has 19 heavy (non-hydrogen) atoms. The fourth-order valence-corrected chi connectivity index (χ4v) is 2.81. The summed E-state index contributed by atoms with van der Waals surface area (Å²) in [5.74, 6) is 0.396. The normalized spacial score (nSPS) is 20.2. The van der Waals surface area contributed by atoms with E-state index in [0.717, 1.165) is 43.7 Å². The van der Waals surface area contributed by atoms with Crippen molar-refractivity contribution < 1.29 is 4.39 Å². The average molecular weight is 259 g/mol. The first-order valence-electron chi connectivity index (χ1n) is 6.72. The molecule has 0 spiro atoms. The van der Waals surface area contributed by atoms with E-state index in [4.69, 9.17) is 5.73 Å². The van der Waals surface area contributed by atoms with Crippen LogP contribution in [0.3, 0.4) is 0 Å². The first-order valence-corrected chi connectivity index (χ1v) is 6.72. The molecule has 3 rings (SSSR count). The Bertz CT molecular complexity index is 585. The van der Waals surface area contributed by atoms with E-state index in [9.17, 15) is 4.39 Å². The molecule has 0 saturated carbocycles. The molecule has 1 aliphatic rings. The summed E-state index contributed by atoms with van der Waals surface area (Å²) in [5.41, 5.74) is 7.58. The minimum absolute atomic E-state index is 0.201. The lowest BCUT2D eigenvalue weighted by molar-refractivity contribution is 0.319. The summed E-state index contributed by atoms with van der Waals surface area (Å²) in [7, 11) is 0. The van der Waals surface area contributed by atoms with Gasteiger partial charge in [0.15, 0.2) is 0 Å². The van der Waals surface area contributed by atoms with E-state index in [2.05, 4.69) is 9.88 Å². The smallest absolute Gasteiger partial charge is 0.132 e. The van der Waals surface area contributed by atoms with Gasteiger partial charge in [0.2, 0.25) is 0 Å². The fraction of sp³-hybridized carbons (Fsp3) is 0.400. The Balaban J connectivity index is 1.87. The van der Waals surface area contributed by atoms with Gasteiger partial charge in [0.05, 0.1) is 5.52 Å². The minimum atomic E-state index is -0.201. The Morgan fingerprint density at radius 2 is 2.26 bits per heavy atom. The van der Waals surface area contributed by atoms with Crippen molar-refractivity contribution in [3.63, 3.8) is 0 Å². The lowest BCUT2D eigenvalue weighted by Gasteiger charge is -2.16. The van der Waals surface area contributed by atoms with Crippen LogP contribution in [0.1, 0.15) is 12.0 Å². The van der Waals surface area contributed by atoms with E-state index in [0.29, 0.717) is 11.3 Å². The number of halogens is 1. The van der Waals surface area contributed by atoms with Crippen molar-refractivity contribution in [2.75, 3.05) is 19.6 Å². The zero-order chi connectivity index (χ0) is 13.2. The molecule has 1 aromatic heterocycles. The maximum Gasteiger partial charge on any atom is 0.132 e. The lowest BCUT2D eigenvalue weighted by Crippen LogP contribution is -2.23. The van der Waals surface area contributed by atoms with Crippen LogP contribution in [0.2, 0.25) is 0 Å². The molecule has 1 fully saturated rings. The highest BCUT2D eigenvalue weighted by Crippen LogP contribution is 2.23. The number of fused-ring (bicyclic) bond motifs is 1. The van der Waals surface area contributed by atoms with E-state index >= 15 is 0 Å². The van der Waals surface area contributed by atoms with Crippen molar-refractivity contribution in [1.82, 2.24) is 9.88 Å². The molecule has 4 heteroatoms. The fourth-order valence-electron chi connectivity index (χ4n) is 2.81. The number of nitrogens with zero attached hydrogens (tertiary/aromatic N) is 2. The largest absolute Gasteiger partial charge is 0.330 e. The molecule has 100 valence electrons. The molecule has 1 aromatic carbocycles. The van der Waals surface area contributed by atoms with E-state index in [1.165, 1.54) is 6.07 Å². The summed E-state index contributed by atoms with van der Waals surface area (Å²) in [5, 5.41) is 0.606. The molecule has 0 bridgehead atoms. The predicted octanol–water partition coefficient (Wildman–Crippen LogP) is 2.15. The van der Waals surface area contributed by atoms with Crippen LogP contribution in [-0.2, 0) is 6.54 Å². The number of pyridine rings is 1. The van der Waals surface area contributed by atoms with E-state index < -0.39 is 0 Å². The van der Waals surface area contributed by atoms with E-state index in [1.54, 1.807) is 18.3 Å². The summed E-state index contributed by atoms with van der Waals surface area (Å²) >= 11 is 0. The van der Waals surface area contributed by atoms with Gasteiger partial charge in [-0.3, -0.25) is 9.88 Å². The number of rotatable bonds is 3. The number of hydrogen-bond acceptors (Lipinski definition) is 3. The lowest BCUT2D eigenvalue weighted by atomic mass is 10.1. The SMILES string of the molecule is NCC1CCN(Cc2ccc(F)c3cccnc23)C1. The van der Waals surface area contributed by atoms with Gasteiger partial charge in [0.1, 0.15) is 5.82 Å². The number of likely N-dealkylation sites (tertiary alicyclic amines) is 1. The average Bonchev–Trinajstić information content (AvgIpc) is 2.90. The molecule has 2 heterocycles. The van der Waals surface area contributed by atoms with Gasteiger partial charge in [0, 0.05) is 24.7 Å². The van der Waals surface area contributed by atoms with Crippen LogP contribution in [0, 0.1) is 11.7 Å². The Morgan fingerprint density at radius 1 is 1.37 bits per heavy atom. The number of hydrogen-bond donors (Lipinski definition) is 1. The quantitative estimate of drug-likeness (QED) is 0.918. The van der Waals surface area contributed by atoms with Crippen LogP contribution in [0.25, 0.3) is 10.9 Å². The summed E-state index contributed by atoms with van der Waals surface area (Å²) < 4.78 is 13.7. The van der Waals surface area contributed by atoms with Crippen LogP contribution < -0.4 is 5.73 Å². The summed E-state index contributed by atoms with van der Waals surface area (Å²) in [6, 6.07) is 6.94. The Morgan fingerprint density at radius 3 is 3.05 bits per heavy atom. The van der Waals surface area contributed by atoms with Crippen molar-refractivity contribution in [3.05, 3.63) is 41.8 Å². The zero-order valence-electron chi connectivity index (χ0n) is 10.8. The van der Waals surface area contributed by atoms with E-state index in [1.807, 2.05) is 6.07 Å². The van der Waals surface area contributed by atoms with Gasteiger partial charge in [-0.1, -0.05) is 6.07 Å². The molecule has 0 aliphatic carbocycles. The van der Waals surface area contributed by atoms with Gasteiger partial charge in [-0.25, -0.2) is 4.39 Å². The molecular formula is C15H18FN3. The van der Waals surface area contributed by atoms with Crippen molar-refractivity contribution >= 4 is 10.9 Å². The topological polar surface area (TPSA) is 42.1 Å². The van der Waals surface area contributed by atoms with Crippen molar-refractivity contribution in [2.24, 2.45) is 11.7 Å². The Hall–Kier alpha value is -1.52. The summed E-state index contributed by atoms with van der Waals surface area (Å²) in [4.78, 5) is 6.71. The van der Waals surface area contributed by atoms with Crippen LogP contribution >= 0.6 is 0 Å². The third-order valence-corrected chi connectivity index (χ3v) is 3.90. The van der Waals surface area contributed by atoms with Crippen molar-refractivity contribution in [1.29, 1.82) is 0 Å². The summed E-state index contributed by atoms with van der Waals surface area (Å²) in [6.07, 6.45) is 2.88. The Kier molecular flexibility index (Phi) is 3.44. The number of nitrogens with two attached hydrogens (primary N) is 1. The van der Waals surface area contributed by atoms with Crippen molar-refractivity contribution in [3.8, 4) is 0 Å². The highest BCUT2D eigenvalue weighted by atomic mass is 19.1. The highest BCUT2D eigenvalue weighted by molar-refractivity contribution is 5.82. The Labute approximate surface area is 112 Å². The summed E-state index contributed by atoms with van der Waals surface area (Å²) in [6.45, 7) is 3.67. The molecule has 2 N–H and O–H groups in total. The van der Waals surface area contributed by atoms with Gasteiger partial charge in [-0.15, -0.1) is 0 Å². The van der Waals surface area contributed by atoms with Gasteiger partial charge in [0.25, 0.3) is 0 Å². The molecule has 3 nitrogen and oxygen atoms in total. The van der Waals surface area contributed by atoms with Gasteiger partial charge in [-0.05, 0) is 49.2 Å². The minimum Gasteiger partial charge on any atom is -0.330 e. The molecule has 0 amide bonds. The molecule has 1 unspecified atom stereocenters. The van der Waals surface area contributed by atoms with Crippen LogP contribution in [0.15, 0.2) is 30.5 Å². The third-order valence-electron chi connectivity index (χ3n) is 3.90. The van der Waals surface area contributed by atoms with Crippen LogP contribution in [-0.4, -0.2) is 29.5 Å². The van der Waals surface area contributed by atoms with Crippen LogP contribution in [0.4, 0.5) is 4.39 Å². The molecular weight excluding hydrogens is 241 g/mol. The van der Waals surface area contributed by atoms with Gasteiger partial charge < -0.3 is 5.73 Å². The molecule has 1 aliphatic heterocycles. The third kappa shape index (κ3) is 2.46. The first kappa shape index (κ1) is 12.5. The molecule has 0 radical (unpaired) electrons.